The first-order chi connectivity index (χ1) is 20.9. The van der Waals surface area contributed by atoms with E-state index in [9.17, 15) is 21.2 Å². The van der Waals surface area contributed by atoms with Gasteiger partial charge in [0, 0.05) is 17.7 Å². The molecule has 234 valence electrons. The van der Waals surface area contributed by atoms with Crippen LogP contribution in [0, 0.1) is 18.7 Å². The van der Waals surface area contributed by atoms with Crippen molar-refractivity contribution in [2.24, 2.45) is 13.0 Å². The molecule has 0 aliphatic carbocycles. The zero-order valence-electron chi connectivity index (χ0n) is 25.2. The Hall–Kier alpha value is -3.48. The predicted octanol–water partition coefficient (Wildman–Crippen LogP) is 4.83. The van der Waals surface area contributed by atoms with E-state index in [2.05, 4.69) is 20.3 Å². The molecule has 0 radical (unpaired) electrons. The molecule has 1 saturated heterocycles. The lowest BCUT2D eigenvalue weighted by molar-refractivity contribution is 0.178. The van der Waals surface area contributed by atoms with Crippen LogP contribution in [0.15, 0.2) is 76.5 Å². The molecule has 4 aromatic rings. The van der Waals surface area contributed by atoms with Gasteiger partial charge in [0.1, 0.15) is 5.82 Å². The second kappa shape index (κ2) is 13.3. The topological polar surface area (TPSA) is 115 Å². The highest BCUT2D eigenvalue weighted by molar-refractivity contribution is 7.91. The quantitative estimate of drug-likeness (QED) is 0.229. The van der Waals surface area contributed by atoms with Gasteiger partial charge in [-0.3, -0.25) is 0 Å². The Morgan fingerprint density at radius 1 is 0.909 bits per heavy atom. The van der Waals surface area contributed by atoms with Crippen LogP contribution in [0.1, 0.15) is 48.3 Å². The molecule has 0 unspecified atom stereocenters. The van der Waals surface area contributed by atoms with E-state index >= 15 is 0 Å². The van der Waals surface area contributed by atoms with Crippen LogP contribution < -0.4 is 0 Å². The number of rotatable bonds is 11. The van der Waals surface area contributed by atoms with Gasteiger partial charge >= 0.3 is 0 Å². The lowest BCUT2D eigenvalue weighted by Gasteiger charge is -2.33. The zero-order chi connectivity index (χ0) is 31.5. The highest BCUT2D eigenvalue weighted by Crippen LogP contribution is 2.32. The van der Waals surface area contributed by atoms with E-state index in [1.54, 1.807) is 49.5 Å². The van der Waals surface area contributed by atoms with Gasteiger partial charge in [0.15, 0.2) is 19.7 Å². The summed E-state index contributed by atoms with van der Waals surface area (Å²) in [6.07, 6.45) is 4.38. The van der Waals surface area contributed by atoms with Crippen LogP contribution in [-0.4, -0.2) is 73.6 Å². The van der Waals surface area contributed by atoms with Crippen LogP contribution in [-0.2, 0) is 26.7 Å². The standard InChI is InChI=1S/C32H38FN5O4S2/c1-23-20-27(22-28(33)21-23)31(25-4-8-29(9-5-25)43(3,39)40)14-18-38-16-12-24(13-17-38)15-19-44(41,42)30-10-6-26(7-11-30)32-34-36-37(2)35-32/h4-11,20-22,24,31H,12-19H2,1-3H3/t31-/m1/s1. The van der Waals surface area contributed by atoms with Crippen LogP contribution in [0.4, 0.5) is 4.39 Å². The number of benzene rings is 3. The first kappa shape index (κ1) is 31.9. The van der Waals surface area contributed by atoms with Crippen molar-refractivity contribution in [1.29, 1.82) is 0 Å². The molecule has 3 aromatic carbocycles. The fourth-order valence-electron chi connectivity index (χ4n) is 5.90. The summed E-state index contributed by atoms with van der Waals surface area (Å²) in [5.74, 6) is 0.508. The first-order valence-electron chi connectivity index (χ1n) is 14.7. The fourth-order valence-corrected chi connectivity index (χ4v) is 7.96. The number of piperidine rings is 1. The van der Waals surface area contributed by atoms with E-state index in [4.69, 9.17) is 0 Å². The van der Waals surface area contributed by atoms with Gasteiger partial charge in [0.25, 0.3) is 0 Å². The third kappa shape index (κ3) is 7.96. The molecule has 0 bridgehead atoms. The molecule has 1 fully saturated rings. The summed E-state index contributed by atoms with van der Waals surface area (Å²) in [6, 6.07) is 18.6. The van der Waals surface area contributed by atoms with Crippen molar-refractivity contribution in [1.82, 2.24) is 25.1 Å². The third-order valence-electron chi connectivity index (χ3n) is 8.39. The molecule has 0 N–H and O–H groups in total. The molecule has 1 aliphatic rings. The summed E-state index contributed by atoms with van der Waals surface area (Å²) in [7, 11) is -5.05. The summed E-state index contributed by atoms with van der Waals surface area (Å²) in [6.45, 7) is 4.40. The number of hydrogen-bond acceptors (Lipinski definition) is 8. The maximum Gasteiger partial charge on any atom is 0.204 e. The van der Waals surface area contributed by atoms with Crippen LogP contribution >= 0.6 is 0 Å². The maximum atomic E-state index is 14.4. The Morgan fingerprint density at radius 3 is 2.16 bits per heavy atom. The molecule has 1 atom stereocenters. The highest BCUT2D eigenvalue weighted by atomic mass is 32.2. The number of hydrogen-bond donors (Lipinski definition) is 0. The summed E-state index contributed by atoms with van der Waals surface area (Å²) < 4.78 is 64.4. The average Bonchev–Trinajstić information content (AvgIpc) is 3.42. The minimum Gasteiger partial charge on any atom is -0.303 e. The van der Waals surface area contributed by atoms with Crippen molar-refractivity contribution < 1.29 is 21.2 Å². The summed E-state index contributed by atoms with van der Waals surface area (Å²) in [5.41, 5.74) is 3.37. The highest BCUT2D eigenvalue weighted by Gasteiger charge is 2.24. The molecule has 0 spiro atoms. The fraction of sp³-hybridized carbons (Fsp3) is 0.406. The number of halogens is 1. The first-order valence-corrected chi connectivity index (χ1v) is 18.3. The molecular weight excluding hydrogens is 602 g/mol. The summed E-state index contributed by atoms with van der Waals surface area (Å²) in [4.78, 5) is 4.30. The number of sulfone groups is 2. The van der Waals surface area contributed by atoms with Crippen molar-refractivity contribution in [3.8, 4) is 11.4 Å². The van der Waals surface area contributed by atoms with Gasteiger partial charge in [-0.25, -0.2) is 21.2 Å². The Morgan fingerprint density at radius 2 is 1.57 bits per heavy atom. The largest absolute Gasteiger partial charge is 0.303 e. The molecule has 12 heteroatoms. The molecule has 1 aromatic heterocycles. The van der Waals surface area contributed by atoms with Crippen molar-refractivity contribution >= 4 is 19.7 Å². The molecule has 5 rings (SSSR count). The Balaban J connectivity index is 1.16. The van der Waals surface area contributed by atoms with Gasteiger partial charge in [-0.1, -0.05) is 18.2 Å². The van der Waals surface area contributed by atoms with E-state index in [1.165, 1.54) is 17.1 Å². The molecule has 0 amide bonds. The van der Waals surface area contributed by atoms with Crippen molar-refractivity contribution in [3.05, 3.63) is 89.2 Å². The van der Waals surface area contributed by atoms with Crippen molar-refractivity contribution in [2.75, 3.05) is 31.6 Å². The van der Waals surface area contributed by atoms with Gasteiger partial charge in [-0.2, -0.15) is 4.80 Å². The number of aromatic nitrogens is 4. The molecule has 2 heterocycles. The molecule has 9 nitrogen and oxygen atoms in total. The minimum atomic E-state index is -3.41. The van der Waals surface area contributed by atoms with Crippen molar-refractivity contribution in [3.63, 3.8) is 0 Å². The van der Waals surface area contributed by atoms with E-state index in [0.717, 1.165) is 55.6 Å². The average molecular weight is 640 g/mol. The maximum absolute atomic E-state index is 14.4. The Kier molecular flexibility index (Phi) is 9.62. The number of aryl methyl sites for hydroxylation is 2. The Bertz CT molecular complexity index is 1780. The van der Waals surface area contributed by atoms with E-state index in [0.29, 0.717) is 28.6 Å². The molecular formula is C32H38FN5O4S2. The smallest absolute Gasteiger partial charge is 0.204 e. The van der Waals surface area contributed by atoms with E-state index in [-0.39, 0.29) is 22.4 Å². The van der Waals surface area contributed by atoms with Gasteiger partial charge in [0.05, 0.1) is 22.6 Å². The monoisotopic (exact) mass is 639 g/mol. The van der Waals surface area contributed by atoms with Gasteiger partial charge in [-0.05, 0) is 129 Å². The number of tetrazole rings is 1. The third-order valence-corrected chi connectivity index (χ3v) is 11.3. The Labute approximate surface area is 259 Å². The molecule has 0 saturated carbocycles. The lowest BCUT2D eigenvalue weighted by Crippen LogP contribution is -2.35. The zero-order valence-corrected chi connectivity index (χ0v) is 26.9. The number of likely N-dealkylation sites (tertiary alicyclic amines) is 1. The SMILES string of the molecule is Cc1cc(F)cc([C@H](CCN2CCC(CCS(=O)(=O)c3ccc(-c4nnn(C)n4)cc3)CC2)c2ccc(S(C)(=O)=O)cc2)c1. The lowest BCUT2D eigenvalue weighted by atomic mass is 9.87. The van der Waals surface area contributed by atoms with Gasteiger partial charge < -0.3 is 4.90 Å². The second-order valence-electron chi connectivity index (χ2n) is 11.8. The molecule has 1 aliphatic heterocycles. The van der Waals surface area contributed by atoms with Crippen LogP contribution in [0.2, 0.25) is 0 Å². The van der Waals surface area contributed by atoms with Gasteiger partial charge in [0.2, 0.25) is 5.82 Å². The predicted molar refractivity (Wildman–Crippen MR) is 167 cm³/mol. The molecule has 44 heavy (non-hydrogen) atoms. The summed E-state index contributed by atoms with van der Waals surface area (Å²) in [5, 5.41) is 11.9. The normalized spacial score (nSPS) is 15.8. The van der Waals surface area contributed by atoms with Crippen molar-refractivity contribution in [2.45, 2.75) is 48.3 Å². The summed E-state index contributed by atoms with van der Waals surface area (Å²) >= 11 is 0. The van der Waals surface area contributed by atoms with E-state index < -0.39 is 19.7 Å². The minimum absolute atomic E-state index is 0.0861. The number of nitrogens with zero attached hydrogens (tertiary/aromatic N) is 5. The van der Waals surface area contributed by atoms with Crippen LogP contribution in [0.5, 0.6) is 0 Å². The van der Waals surface area contributed by atoms with Crippen LogP contribution in [0.3, 0.4) is 0 Å². The van der Waals surface area contributed by atoms with Crippen LogP contribution in [0.25, 0.3) is 11.4 Å². The second-order valence-corrected chi connectivity index (χ2v) is 15.9. The van der Waals surface area contributed by atoms with Gasteiger partial charge in [-0.15, -0.1) is 10.2 Å². The van der Waals surface area contributed by atoms with E-state index in [1.807, 2.05) is 25.1 Å².